The summed E-state index contributed by atoms with van der Waals surface area (Å²) in [6, 6.07) is 12.5. The van der Waals surface area contributed by atoms with E-state index in [-0.39, 0.29) is 23.7 Å². The number of halogens is 3. The zero-order valence-corrected chi connectivity index (χ0v) is 17.4. The van der Waals surface area contributed by atoms with Gasteiger partial charge in [-0.2, -0.15) is 0 Å². The van der Waals surface area contributed by atoms with Crippen LogP contribution >= 0.6 is 34.8 Å². The van der Waals surface area contributed by atoms with E-state index in [2.05, 4.69) is 10.6 Å². The number of carbonyl (C=O) groups excluding carboxylic acids is 2. The number of hydrogen-bond acceptors (Lipinski definition) is 2. The first kappa shape index (κ1) is 21.0. The molecule has 1 fully saturated rings. The molecule has 4 nitrogen and oxygen atoms in total. The van der Waals surface area contributed by atoms with E-state index in [0.29, 0.717) is 41.0 Å². The van der Waals surface area contributed by atoms with Gasteiger partial charge in [0.05, 0.1) is 0 Å². The van der Waals surface area contributed by atoms with Crippen molar-refractivity contribution >= 4 is 46.6 Å². The number of benzene rings is 2. The predicted octanol–water partition coefficient (Wildman–Crippen LogP) is 5.00. The van der Waals surface area contributed by atoms with Crippen molar-refractivity contribution in [1.82, 2.24) is 10.6 Å². The maximum atomic E-state index is 12.6. The van der Waals surface area contributed by atoms with Crippen LogP contribution in [0.2, 0.25) is 15.1 Å². The second-order valence-electron chi connectivity index (χ2n) is 6.98. The Balaban J connectivity index is 1.54. The Morgan fingerprint density at radius 3 is 1.79 bits per heavy atom. The summed E-state index contributed by atoms with van der Waals surface area (Å²) in [6.07, 6.45) is 2.29. The average molecular weight is 440 g/mol. The highest BCUT2D eigenvalue weighted by Crippen LogP contribution is 2.32. The van der Waals surface area contributed by atoms with Gasteiger partial charge in [0.2, 0.25) is 11.8 Å². The van der Waals surface area contributed by atoms with Crippen molar-refractivity contribution in [3.63, 3.8) is 0 Å². The van der Waals surface area contributed by atoms with E-state index in [1.165, 1.54) is 0 Å². The smallest absolute Gasteiger partial charge is 0.224 e. The van der Waals surface area contributed by atoms with Crippen molar-refractivity contribution in [2.45, 2.75) is 32.4 Å². The second kappa shape index (κ2) is 9.64. The van der Waals surface area contributed by atoms with E-state index in [1.54, 1.807) is 30.3 Å². The first-order chi connectivity index (χ1) is 13.4. The molecule has 0 spiro atoms. The average Bonchev–Trinajstić information content (AvgIpc) is 3.15. The third-order valence-electron chi connectivity index (χ3n) is 4.96. The molecule has 1 aliphatic carbocycles. The molecular formula is C21H21Cl3N2O2. The predicted molar refractivity (Wildman–Crippen MR) is 112 cm³/mol. The summed E-state index contributed by atoms with van der Waals surface area (Å²) in [5.41, 5.74) is 1.79. The summed E-state index contributed by atoms with van der Waals surface area (Å²) in [4.78, 5) is 25.3. The molecule has 1 aliphatic rings. The van der Waals surface area contributed by atoms with Crippen molar-refractivity contribution in [2.24, 2.45) is 11.8 Å². The van der Waals surface area contributed by atoms with E-state index < -0.39 is 0 Å². The van der Waals surface area contributed by atoms with Gasteiger partial charge in [0.1, 0.15) is 0 Å². The Hall–Kier alpha value is -1.75. The van der Waals surface area contributed by atoms with Crippen LogP contribution in [0, 0.1) is 11.8 Å². The normalized spacial score (nSPS) is 18.7. The minimum absolute atomic E-state index is 0.0848. The second-order valence-corrected chi connectivity index (χ2v) is 8.29. The molecule has 1 unspecified atom stereocenters. The summed E-state index contributed by atoms with van der Waals surface area (Å²) in [5, 5.41) is 7.55. The summed E-state index contributed by atoms with van der Waals surface area (Å²) >= 11 is 17.9. The van der Waals surface area contributed by atoms with E-state index in [4.69, 9.17) is 34.8 Å². The standard InChI is InChI=1S/C21H21Cl3N2O2/c22-15-6-4-13(5-7-15)11-25-20(27)18-2-1-3-19(18)21(28)26-12-14-8-16(23)10-17(24)9-14/h4-10,18-19H,1-3,11-12H2,(H,25,27)(H,26,28)/t18?,19-/m1/s1. The van der Waals surface area contributed by atoms with Gasteiger partial charge in [0.25, 0.3) is 0 Å². The van der Waals surface area contributed by atoms with Crippen LogP contribution in [-0.4, -0.2) is 11.8 Å². The van der Waals surface area contributed by atoms with E-state index >= 15 is 0 Å². The Labute approximate surface area is 179 Å². The monoisotopic (exact) mass is 438 g/mol. The Morgan fingerprint density at radius 1 is 0.750 bits per heavy atom. The van der Waals surface area contributed by atoms with Gasteiger partial charge >= 0.3 is 0 Å². The molecule has 1 saturated carbocycles. The minimum atomic E-state index is -0.320. The van der Waals surface area contributed by atoms with Crippen LogP contribution < -0.4 is 10.6 Å². The molecule has 2 amide bonds. The molecule has 0 radical (unpaired) electrons. The first-order valence-electron chi connectivity index (χ1n) is 9.17. The number of amides is 2. The fraction of sp³-hybridized carbons (Fsp3) is 0.333. The van der Waals surface area contributed by atoms with Gasteiger partial charge in [-0.3, -0.25) is 9.59 Å². The van der Waals surface area contributed by atoms with Gasteiger partial charge in [0, 0.05) is 40.0 Å². The quantitative estimate of drug-likeness (QED) is 0.666. The molecular weight excluding hydrogens is 419 g/mol. The zero-order valence-electron chi connectivity index (χ0n) is 15.2. The highest BCUT2D eigenvalue weighted by Gasteiger charge is 2.37. The zero-order chi connectivity index (χ0) is 20.1. The van der Waals surface area contributed by atoms with Crippen molar-refractivity contribution in [1.29, 1.82) is 0 Å². The van der Waals surface area contributed by atoms with E-state index in [9.17, 15) is 9.59 Å². The summed E-state index contributed by atoms with van der Waals surface area (Å²) < 4.78 is 0. The van der Waals surface area contributed by atoms with Crippen LogP contribution in [0.5, 0.6) is 0 Å². The Morgan fingerprint density at radius 2 is 1.25 bits per heavy atom. The fourth-order valence-electron chi connectivity index (χ4n) is 3.54. The van der Waals surface area contributed by atoms with Crippen LogP contribution in [-0.2, 0) is 22.7 Å². The SMILES string of the molecule is O=C(NCc1ccc(Cl)cc1)C1CCC[C@H]1C(=O)NCc1cc(Cl)cc(Cl)c1. The Bertz CT molecular complexity index is 835. The summed E-state index contributed by atoms with van der Waals surface area (Å²) in [7, 11) is 0. The van der Waals surface area contributed by atoms with E-state index in [0.717, 1.165) is 17.5 Å². The van der Waals surface area contributed by atoms with Gasteiger partial charge in [-0.15, -0.1) is 0 Å². The molecule has 148 valence electrons. The van der Waals surface area contributed by atoms with Crippen LogP contribution in [0.3, 0.4) is 0 Å². The molecule has 3 rings (SSSR count). The maximum absolute atomic E-state index is 12.6. The molecule has 0 aromatic heterocycles. The van der Waals surface area contributed by atoms with Gasteiger partial charge in [-0.1, -0.05) is 53.4 Å². The molecule has 28 heavy (non-hydrogen) atoms. The molecule has 0 heterocycles. The van der Waals surface area contributed by atoms with Gasteiger partial charge < -0.3 is 10.6 Å². The lowest BCUT2D eigenvalue weighted by atomic mass is 9.94. The first-order valence-corrected chi connectivity index (χ1v) is 10.3. The lowest BCUT2D eigenvalue weighted by Crippen LogP contribution is -2.39. The van der Waals surface area contributed by atoms with Gasteiger partial charge in [-0.25, -0.2) is 0 Å². The topological polar surface area (TPSA) is 58.2 Å². The summed E-state index contributed by atoms with van der Waals surface area (Å²) in [6.45, 7) is 0.747. The highest BCUT2D eigenvalue weighted by molar-refractivity contribution is 6.34. The molecule has 2 aromatic rings. The third kappa shape index (κ3) is 5.63. The number of rotatable bonds is 6. The van der Waals surface area contributed by atoms with Crippen molar-refractivity contribution in [3.8, 4) is 0 Å². The fourth-order valence-corrected chi connectivity index (χ4v) is 4.24. The number of hydrogen-bond donors (Lipinski definition) is 2. The van der Waals surface area contributed by atoms with Crippen molar-refractivity contribution in [3.05, 3.63) is 68.7 Å². The van der Waals surface area contributed by atoms with Crippen LogP contribution in [0.15, 0.2) is 42.5 Å². The molecule has 2 aromatic carbocycles. The lowest BCUT2D eigenvalue weighted by molar-refractivity contribution is -0.133. The largest absolute Gasteiger partial charge is 0.352 e. The third-order valence-corrected chi connectivity index (χ3v) is 5.65. The van der Waals surface area contributed by atoms with Gasteiger partial charge in [0.15, 0.2) is 0 Å². The van der Waals surface area contributed by atoms with Crippen LogP contribution in [0.25, 0.3) is 0 Å². The molecule has 2 N–H and O–H groups in total. The molecule has 0 saturated heterocycles. The van der Waals surface area contributed by atoms with Crippen LogP contribution in [0.4, 0.5) is 0 Å². The number of nitrogens with one attached hydrogen (secondary N) is 2. The number of carbonyl (C=O) groups is 2. The molecule has 0 bridgehead atoms. The van der Waals surface area contributed by atoms with Crippen molar-refractivity contribution < 1.29 is 9.59 Å². The Kier molecular flexibility index (Phi) is 7.22. The highest BCUT2D eigenvalue weighted by atomic mass is 35.5. The van der Waals surface area contributed by atoms with Crippen molar-refractivity contribution in [2.75, 3.05) is 0 Å². The van der Waals surface area contributed by atoms with E-state index in [1.807, 2.05) is 12.1 Å². The summed E-state index contributed by atoms with van der Waals surface area (Å²) in [5.74, 6) is -0.825. The molecule has 7 heteroatoms. The van der Waals surface area contributed by atoms with Gasteiger partial charge in [-0.05, 0) is 54.3 Å². The molecule has 0 aliphatic heterocycles. The maximum Gasteiger partial charge on any atom is 0.224 e. The lowest BCUT2D eigenvalue weighted by Gasteiger charge is -2.19. The minimum Gasteiger partial charge on any atom is -0.352 e. The van der Waals surface area contributed by atoms with Crippen LogP contribution in [0.1, 0.15) is 30.4 Å². The molecule has 2 atom stereocenters.